The number of sulfonamides is 1. The van der Waals surface area contributed by atoms with Crippen LogP contribution in [0.4, 0.5) is 5.69 Å². The lowest BCUT2D eigenvalue weighted by molar-refractivity contribution is 0.0602. The maximum absolute atomic E-state index is 12.6. The molecule has 0 spiro atoms. The van der Waals surface area contributed by atoms with Crippen LogP contribution in [0.15, 0.2) is 77.3 Å². The Labute approximate surface area is 181 Å². The summed E-state index contributed by atoms with van der Waals surface area (Å²) in [6.07, 6.45) is 3.71. The van der Waals surface area contributed by atoms with Gasteiger partial charge in [0.05, 0.1) is 7.11 Å². The molecule has 0 aliphatic heterocycles. The van der Waals surface area contributed by atoms with E-state index >= 15 is 0 Å². The Bertz CT molecular complexity index is 1280. The Morgan fingerprint density at radius 2 is 1.77 bits per heavy atom. The van der Waals surface area contributed by atoms with E-state index in [9.17, 15) is 13.2 Å². The largest absolute Gasteiger partial charge is 0.465 e. The predicted octanol–water partition coefficient (Wildman–Crippen LogP) is 3.71. The maximum Gasteiger partial charge on any atom is 0.349 e. The van der Waals surface area contributed by atoms with Crippen molar-refractivity contribution in [1.29, 1.82) is 0 Å². The summed E-state index contributed by atoms with van der Waals surface area (Å²) in [6, 6.07) is 14.8. The van der Waals surface area contributed by atoms with Gasteiger partial charge in [-0.1, -0.05) is 0 Å². The second-order valence-corrected chi connectivity index (χ2v) is 8.72. The Morgan fingerprint density at radius 3 is 2.42 bits per heavy atom. The van der Waals surface area contributed by atoms with Crippen LogP contribution in [0.3, 0.4) is 0 Å². The number of esters is 1. The van der Waals surface area contributed by atoms with Crippen LogP contribution in [0.1, 0.15) is 9.67 Å². The van der Waals surface area contributed by atoms with E-state index in [0.717, 1.165) is 11.3 Å². The van der Waals surface area contributed by atoms with Crippen molar-refractivity contribution in [3.63, 3.8) is 0 Å². The molecular weight excluding hydrogens is 440 g/mol. The zero-order valence-electron chi connectivity index (χ0n) is 16.1. The SMILES string of the molecule is COC(=O)c1sccc1S(=O)(=O)Nc1ccc(Oc2ccc(-n3cccc3)nn2)cc1. The van der Waals surface area contributed by atoms with Crippen LogP contribution in [0.2, 0.25) is 0 Å². The van der Waals surface area contributed by atoms with Gasteiger partial charge in [0, 0.05) is 24.1 Å². The summed E-state index contributed by atoms with van der Waals surface area (Å²) in [4.78, 5) is 11.6. The molecule has 1 N–H and O–H groups in total. The van der Waals surface area contributed by atoms with Gasteiger partial charge in [0.2, 0.25) is 5.88 Å². The van der Waals surface area contributed by atoms with Gasteiger partial charge in [-0.15, -0.1) is 21.5 Å². The highest BCUT2D eigenvalue weighted by Gasteiger charge is 2.24. The average molecular weight is 457 g/mol. The lowest BCUT2D eigenvalue weighted by Gasteiger charge is -2.09. The molecule has 0 saturated heterocycles. The van der Waals surface area contributed by atoms with Gasteiger partial charge >= 0.3 is 5.97 Å². The molecular formula is C20H16N4O5S2. The van der Waals surface area contributed by atoms with Crippen LogP contribution in [-0.2, 0) is 14.8 Å². The molecule has 31 heavy (non-hydrogen) atoms. The number of benzene rings is 1. The van der Waals surface area contributed by atoms with Crippen molar-refractivity contribution in [2.75, 3.05) is 11.8 Å². The van der Waals surface area contributed by atoms with Crippen LogP contribution in [0.25, 0.3) is 5.82 Å². The second-order valence-electron chi connectivity index (χ2n) is 6.16. The predicted molar refractivity (Wildman–Crippen MR) is 114 cm³/mol. The maximum atomic E-state index is 12.6. The smallest absolute Gasteiger partial charge is 0.349 e. The van der Waals surface area contributed by atoms with Gasteiger partial charge in [-0.05, 0) is 53.9 Å². The lowest BCUT2D eigenvalue weighted by atomic mass is 10.3. The molecule has 11 heteroatoms. The molecule has 0 saturated carbocycles. The number of methoxy groups -OCH3 is 1. The molecule has 4 rings (SSSR count). The molecule has 3 aromatic heterocycles. The molecule has 0 fully saturated rings. The van der Waals surface area contributed by atoms with E-state index in [1.165, 1.54) is 18.6 Å². The van der Waals surface area contributed by atoms with E-state index in [1.807, 2.05) is 29.1 Å². The van der Waals surface area contributed by atoms with Gasteiger partial charge in [0.1, 0.15) is 15.5 Å². The number of ether oxygens (including phenoxy) is 2. The molecule has 0 radical (unpaired) electrons. The Morgan fingerprint density at radius 1 is 1.03 bits per heavy atom. The van der Waals surface area contributed by atoms with Crippen molar-refractivity contribution in [3.05, 3.63) is 77.2 Å². The standard InChI is InChI=1S/C20H16N4O5S2/c1-28-20(25)19-16(10-13-30-19)31(26,27)23-14-4-6-15(7-5-14)29-18-9-8-17(21-22-18)24-11-2-3-12-24/h2-13,23H,1H3. The average Bonchev–Trinajstić information content (AvgIpc) is 3.48. The summed E-state index contributed by atoms with van der Waals surface area (Å²) >= 11 is 0.995. The third-order valence-electron chi connectivity index (χ3n) is 4.11. The Kier molecular flexibility index (Phi) is 5.69. The molecule has 0 amide bonds. The lowest BCUT2D eigenvalue weighted by Crippen LogP contribution is -2.15. The van der Waals surface area contributed by atoms with Crippen LogP contribution >= 0.6 is 11.3 Å². The molecule has 1 aromatic carbocycles. The van der Waals surface area contributed by atoms with Gasteiger partial charge in [0.25, 0.3) is 10.0 Å². The van der Waals surface area contributed by atoms with Crippen molar-refractivity contribution >= 4 is 33.0 Å². The van der Waals surface area contributed by atoms with Crippen molar-refractivity contribution in [3.8, 4) is 17.4 Å². The summed E-state index contributed by atoms with van der Waals surface area (Å²) < 4.78 is 39.8. The summed E-state index contributed by atoms with van der Waals surface area (Å²) in [7, 11) is -2.76. The number of anilines is 1. The van der Waals surface area contributed by atoms with Gasteiger partial charge in [-0.25, -0.2) is 13.2 Å². The number of carbonyl (C=O) groups excluding carboxylic acids is 1. The fraction of sp³-hybridized carbons (Fsp3) is 0.0500. The van der Waals surface area contributed by atoms with E-state index in [2.05, 4.69) is 19.7 Å². The molecule has 0 atom stereocenters. The first-order chi connectivity index (χ1) is 15.0. The minimum Gasteiger partial charge on any atom is -0.465 e. The molecule has 0 aliphatic carbocycles. The Balaban J connectivity index is 1.45. The highest BCUT2D eigenvalue weighted by atomic mass is 32.2. The van der Waals surface area contributed by atoms with Crippen molar-refractivity contribution in [2.45, 2.75) is 4.90 Å². The summed E-state index contributed by atoms with van der Waals surface area (Å²) in [5.74, 6) is 0.701. The third kappa shape index (κ3) is 4.57. The number of hydrogen-bond acceptors (Lipinski definition) is 8. The molecule has 158 valence electrons. The first-order valence-corrected chi connectivity index (χ1v) is 11.3. The number of thiophene rings is 1. The number of carbonyl (C=O) groups is 1. The van der Waals surface area contributed by atoms with E-state index in [4.69, 9.17) is 4.74 Å². The highest BCUT2D eigenvalue weighted by Crippen LogP contribution is 2.27. The van der Waals surface area contributed by atoms with Gasteiger partial charge < -0.3 is 14.0 Å². The van der Waals surface area contributed by atoms with Crippen LogP contribution in [0, 0.1) is 0 Å². The van der Waals surface area contributed by atoms with E-state index in [0.29, 0.717) is 23.1 Å². The number of rotatable bonds is 7. The number of aromatic nitrogens is 3. The number of nitrogens with one attached hydrogen (secondary N) is 1. The first kappa shape index (κ1) is 20.6. The molecule has 0 unspecified atom stereocenters. The quantitative estimate of drug-likeness (QED) is 0.422. The molecule has 0 aliphatic rings. The fourth-order valence-electron chi connectivity index (χ4n) is 2.66. The summed E-state index contributed by atoms with van der Waals surface area (Å²) in [5.41, 5.74) is 0.309. The highest BCUT2D eigenvalue weighted by molar-refractivity contribution is 7.93. The first-order valence-electron chi connectivity index (χ1n) is 8.90. The minimum absolute atomic E-state index is 0.0110. The van der Waals surface area contributed by atoms with E-state index < -0.39 is 16.0 Å². The molecule has 3 heterocycles. The normalized spacial score (nSPS) is 11.1. The minimum atomic E-state index is -3.96. The molecule has 0 bridgehead atoms. The van der Waals surface area contributed by atoms with E-state index in [1.54, 1.807) is 36.4 Å². The third-order valence-corrected chi connectivity index (χ3v) is 6.56. The van der Waals surface area contributed by atoms with Gasteiger partial charge in [0.15, 0.2) is 5.82 Å². The topological polar surface area (TPSA) is 112 Å². The molecule has 4 aromatic rings. The van der Waals surface area contributed by atoms with E-state index in [-0.39, 0.29) is 9.77 Å². The van der Waals surface area contributed by atoms with Crippen LogP contribution in [0.5, 0.6) is 11.6 Å². The van der Waals surface area contributed by atoms with Gasteiger partial charge in [-0.2, -0.15) is 0 Å². The fourth-order valence-corrected chi connectivity index (χ4v) is 5.06. The summed E-state index contributed by atoms with van der Waals surface area (Å²) in [5, 5.41) is 9.65. The van der Waals surface area contributed by atoms with Gasteiger partial charge in [-0.3, -0.25) is 4.72 Å². The second kappa shape index (κ2) is 8.58. The monoisotopic (exact) mass is 456 g/mol. The number of hydrogen-bond donors (Lipinski definition) is 1. The zero-order valence-corrected chi connectivity index (χ0v) is 17.8. The summed E-state index contributed by atoms with van der Waals surface area (Å²) in [6.45, 7) is 0. The van der Waals surface area contributed by atoms with Crippen molar-refractivity contribution in [2.24, 2.45) is 0 Å². The van der Waals surface area contributed by atoms with Crippen LogP contribution in [-0.4, -0.2) is 36.3 Å². The Hall–Kier alpha value is -3.70. The van der Waals surface area contributed by atoms with Crippen molar-refractivity contribution < 1.29 is 22.7 Å². The van der Waals surface area contributed by atoms with Crippen LogP contribution < -0.4 is 9.46 Å². The van der Waals surface area contributed by atoms with Crippen molar-refractivity contribution in [1.82, 2.24) is 14.8 Å². The number of nitrogens with zero attached hydrogens (tertiary/aromatic N) is 3. The molecule has 9 nitrogen and oxygen atoms in total. The zero-order chi connectivity index (χ0) is 21.8.